The fourth-order valence-electron chi connectivity index (χ4n) is 5.27. The van der Waals surface area contributed by atoms with Crippen LogP contribution in [0.4, 0.5) is 21.9 Å². The van der Waals surface area contributed by atoms with Crippen molar-refractivity contribution >= 4 is 40.8 Å². The molecule has 2 heterocycles. The maximum absolute atomic E-state index is 13.8. The summed E-state index contributed by atoms with van der Waals surface area (Å²) in [5, 5.41) is 5.75. The lowest BCUT2D eigenvalue weighted by molar-refractivity contribution is -0.132. The Kier molecular flexibility index (Phi) is 7.33. The number of piperazine rings is 1. The number of amides is 3. The van der Waals surface area contributed by atoms with Crippen LogP contribution in [0.2, 0.25) is 0 Å². The molecule has 1 fully saturated rings. The van der Waals surface area contributed by atoms with Gasteiger partial charge in [-0.1, -0.05) is 36.4 Å². The molecule has 202 valence electrons. The molecule has 2 aliphatic heterocycles. The number of anilines is 3. The zero-order valence-electron chi connectivity index (χ0n) is 22.2. The molecule has 0 unspecified atom stereocenters. The number of ether oxygens (including phenoxy) is 1. The number of hydrogen-bond donors (Lipinski definition) is 2. The predicted molar refractivity (Wildman–Crippen MR) is 161 cm³/mol. The zero-order valence-corrected chi connectivity index (χ0v) is 23.0. The fourth-order valence-corrected chi connectivity index (χ4v) is 5.68. The summed E-state index contributed by atoms with van der Waals surface area (Å²) >= 11 is 1.66. The largest absolute Gasteiger partial charge is 0.457 e. The van der Waals surface area contributed by atoms with Gasteiger partial charge in [0.1, 0.15) is 11.5 Å². The van der Waals surface area contributed by atoms with E-state index in [1.165, 1.54) is 0 Å². The zero-order chi connectivity index (χ0) is 27.5. The average molecular weight is 551 g/mol. The normalized spacial score (nSPS) is 14.5. The molecule has 0 spiro atoms. The summed E-state index contributed by atoms with van der Waals surface area (Å²) in [4.78, 5) is 31.6. The number of thioether (sulfide) groups is 1. The summed E-state index contributed by atoms with van der Waals surface area (Å²) in [7, 11) is 0. The SMILES string of the molecule is CSc1ccc(NC(=O)Nc2ccc(N3CCN(C(=O)C4c5ccccc5Oc5ccccc54)CC3)cc2)cc1. The van der Waals surface area contributed by atoms with Crippen molar-refractivity contribution in [3.63, 3.8) is 0 Å². The van der Waals surface area contributed by atoms with Gasteiger partial charge in [-0.3, -0.25) is 4.79 Å². The van der Waals surface area contributed by atoms with Crippen LogP contribution in [0.3, 0.4) is 0 Å². The van der Waals surface area contributed by atoms with E-state index in [-0.39, 0.29) is 17.9 Å². The summed E-state index contributed by atoms with van der Waals surface area (Å²) in [6, 6.07) is 30.9. The maximum Gasteiger partial charge on any atom is 0.323 e. The fraction of sp³-hybridized carbons (Fsp3) is 0.188. The molecule has 40 heavy (non-hydrogen) atoms. The van der Waals surface area contributed by atoms with Gasteiger partial charge in [-0.2, -0.15) is 0 Å². The van der Waals surface area contributed by atoms with E-state index in [4.69, 9.17) is 4.74 Å². The lowest BCUT2D eigenvalue weighted by Gasteiger charge is -2.38. The minimum atomic E-state index is -0.368. The van der Waals surface area contributed by atoms with Crippen molar-refractivity contribution in [3.8, 4) is 11.5 Å². The van der Waals surface area contributed by atoms with Crippen LogP contribution in [-0.4, -0.2) is 49.3 Å². The molecule has 3 amide bonds. The third kappa shape index (κ3) is 5.35. The Hall–Kier alpha value is -4.43. The highest BCUT2D eigenvalue weighted by Crippen LogP contribution is 2.44. The standard InChI is InChI=1S/C32H30N4O3S/c1-40-25-16-12-23(13-17-25)34-32(38)33-22-10-14-24(15-11-22)35-18-20-36(21-19-35)31(37)30-26-6-2-4-8-28(26)39-29-9-5-3-7-27(29)30/h2-17,30H,18-21H2,1H3,(H2,33,34,38). The van der Waals surface area contributed by atoms with Crippen LogP contribution in [0.15, 0.2) is 102 Å². The van der Waals surface area contributed by atoms with Crippen molar-refractivity contribution < 1.29 is 14.3 Å². The lowest BCUT2D eigenvalue weighted by Crippen LogP contribution is -2.50. The Balaban J connectivity index is 1.07. The highest BCUT2D eigenvalue weighted by Gasteiger charge is 2.36. The minimum absolute atomic E-state index is 0.108. The van der Waals surface area contributed by atoms with Gasteiger partial charge in [0.05, 0.1) is 5.92 Å². The molecule has 6 rings (SSSR count). The molecule has 2 aliphatic rings. The first-order valence-corrected chi connectivity index (χ1v) is 14.5. The Morgan fingerprint density at radius 1 is 0.725 bits per heavy atom. The first-order chi connectivity index (χ1) is 19.6. The van der Waals surface area contributed by atoms with Crippen LogP contribution in [-0.2, 0) is 4.79 Å². The molecular formula is C32H30N4O3S. The number of carbonyl (C=O) groups is 2. The van der Waals surface area contributed by atoms with Crippen LogP contribution in [0.5, 0.6) is 11.5 Å². The van der Waals surface area contributed by atoms with E-state index >= 15 is 0 Å². The van der Waals surface area contributed by atoms with Gasteiger partial charge < -0.3 is 25.2 Å². The van der Waals surface area contributed by atoms with E-state index in [1.54, 1.807) is 11.8 Å². The molecule has 8 heteroatoms. The number of benzene rings is 4. The first kappa shape index (κ1) is 25.8. The van der Waals surface area contributed by atoms with Crippen LogP contribution < -0.4 is 20.3 Å². The van der Waals surface area contributed by atoms with Crippen LogP contribution >= 0.6 is 11.8 Å². The van der Waals surface area contributed by atoms with Crippen molar-refractivity contribution in [1.29, 1.82) is 0 Å². The molecule has 4 aromatic rings. The molecular weight excluding hydrogens is 520 g/mol. The topological polar surface area (TPSA) is 73.9 Å². The Labute approximate surface area is 238 Å². The molecule has 1 saturated heterocycles. The Morgan fingerprint density at radius 2 is 1.25 bits per heavy atom. The number of rotatable bonds is 5. The van der Waals surface area contributed by atoms with Gasteiger partial charge in [-0.05, 0) is 66.9 Å². The van der Waals surface area contributed by atoms with Crippen molar-refractivity contribution in [3.05, 3.63) is 108 Å². The Morgan fingerprint density at radius 3 is 1.80 bits per heavy atom. The number of nitrogens with zero attached hydrogens (tertiary/aromatic N) is 2. The monoisotopic (exact) mass is 550 g/mol. The van der Waals surface area contributed by atoms with E-state index in [1.807, 2.05) is 108 Å². The van der Waals surface area contributed by atoms with E-state index in [0.29, 0.717) is 18.8 Å². The highest BCUT2D eigenvalue weighted by atomic mass is 32.2. The van der Waals surface area contributed by atoms with Crippen molar-refractivity contribution in [2.24, 2.45) is 0 Å². The molecule has 0 bridgehead atoms. The lowest BCUT2D eigenvalue weighted by atomic mass is 9.86. The molecule has 4 aromatic carbocycles. The number of para-hydroxylation sites is 2. The van der Waals surface area contributed by atoms with Crippen LogP contribution in [0.25, 0.3) is 0 Å². The molecule has 0 radical (unpaired) electrons. The summed E-state index contributed by atoms with van der Waals surface area (Å²) in [5.41, 5.74) is 4.35. The summed E-state index contributed by atoms with van der Waals surface area (Å²) in [6.07, 6.45) is 2.02. The molecule has 0 atom stereocenters. The second-order valence-corrected chi connectivity index (χ2v) is 10.7. The summed E-state index contributed by atoms with van der Waals surface area (Å²) in [6.45, 7) is 2.74. The number of nitrogens with one attached hydrogen (secondary N) is 2. The second kappa shape index (κ2) is 11.4. The van der Waals surface area contributed by atoms with Crippen molar-refractivity contribution in [2.45, 2.75) is 10.8 Å². The number of urea groups is 1. The molecule has 0 saturated carbocycles. The van der Waals surface area contributed by atoms with Crippen molar-refractivity contribution in [2.75, 3.05) is 48.0 Å². The van der Waals surface area contributed by atoms with Gasteiger partial charge in [0.15, 0.2) is 0 Å². The minimum Gasteiger partial charge on any atom is -0.457 e. The number of fused-ring (bicyclic) bond motifs is 2. The quantitative estimate of drug-likeness (QED) is 0.273. The van der Waals surface area contributed by atoms with Gasteiger partial charge in [0.25, 0.3) is 0 Å². The van der Waals surface area contributed by atoms with Gasteiger partial charge in [-0.25, -0.2) is 4.79 Å². The maximum atomic E-state index is 13.8. The van der Waals surface area contributed by atoms with Gasteiger partial charge in [-0.15, -0.1) is 11.8 Å². The number of carbonyl (C=O) groups excluding carboxylic acids is 2. The second-order valence-electron chi connectivity index (χ2n) is 9.78. The summed E-state index contributed by atoms with van der Waals surface area (Å²) in [5.74, 6) is 1.23. The summed E-state index contributed by atoms with van der Waals surface area (Å²) < 4.78 is 6.08. The average Bonchev–Trinajstić information content (AvgIpc) is 3.00. The van der Waals surface area contributed by atoms with Crippen LogP contribution in [0, 0.1) is 0 Å². The van der Waals surface area contributed by atoms with E-state index in [0.717, 1.165) is 52.0 Å². The molecule has 0 aromatic heterocycles. The van der Waals surface area contributed by atoms with Gasteiger partial charge in [0, 0.05) is 59.3 Å². The molecule has 7 nitrogen and oxygen atoms in total. The third-order valence-corrected chi connectivity index (χ3v) is 8.10. The smallest absolute Gasteiger partial charge is 0.323 e. The van der Waals surface area contributed by atoms with Crippen LogP contribution in [0.1, 0.15) is 17.0 Å². The number of hydrogen-bond acceptors (Lipinski definition) is 5. The molecule has 2 N–H and O–H groups in total. The predicted octanol–water partition coefficient (Wildman–Crippen LogP) is 6.64. The van der Waals surface area contributed by atoms with E-state index in [2.05, 4.69) is 15.5 Å². The molecule has 0 aliphatic carbocycles. The third-order valence-electron chi connectivity index (χ3n) is 7.36. The first-order valence-electron chi connectivity index (χ1n) is 13.3. The van der Waals surface area contributed by atoms with Crippen molar-refractivity contribution in [1.82, 2.24) is 4.90 Å². The highest BCUT2D eigenvalue weighted by molar-refractivity contribution is 7.98. The van der Waals surface area contributed by atoms with Gasteiger partial charge >= 0.3 is 6.03 Å². The van der Waals surface area contributed by atoms with Gasteiger partial charge in [0.2, 0.25) is 5.91 Å². The Bertz CT molecular complexity index is 1470. The van der Waals surface area contributed by atoms with E-state index < -0.39 is 0 Å². The van der Waals surface area contributed by atoms with E-state index in [9.17, 15) is 9.59 Å².